The molecule has 23 heavy (non-hydrogen) atoms. The quantitative estimate of drug-likeness (QED) is 0.751. The van der Waals surface area contributed by atoms with E-state index < -0.39 is 26.8 Å². The fourth-order valence-electron chi connectivity index (χ4n) is 2.28. The average Bonchev–Trinajstić information content (AvgIpc) is 2.46. The number of carbonyl (C=O) groups excluding carboxylic acids is 1. The number of hydrogen-bond acceptors (Lipinski definition) is 6. The van der Waals surface area contributed by atoms with Crippen molar-refractivity contribution in [1.29, 1.82) is 0 Å². The maximum absolute atomic E-state index is 12.6. The molecule has 1 fully saturated rings. The molecule has 1 atom stereocenters. The molecule has 7 nitrogen and oxygen atoms in total. The molecule has 2 heterocycles. The number of likely N-dealkylation sites (tertiary alicyclic amines) is 1. The third-order valence-corrected chi connectivity index (χ3v) is 5.50. The average molecular weight is 362 g/mol. The Kier molecular flexibility index (Phi) is 5.15. The molecule has 1 aromatic rings. The molecule has 2 rings (SSSR count). The number of halogens is 1. The van der Waals surface area contributed by atoms with Crippen molar-refractivity contribution in [2.45, 2.75) is 49.6 Å². The van der Waals surface area contributed by atoms with Crippen LogP contribution in [0.2, 0.25) is 5.02 Å². The monoisotopic (exact) mass is 361 g/mol. The molecule has 1 aliphatic heterocycles. The molecule has 1 aliphatic rings. The molecule has 0 N–H and O–H groups in total. The van der Waals surface area contributed by atoms with Crippen LogP contribution < -0.4 is 0 Å². The first-order chi connectivity index (χ1) is 10.6. The van der Waals surface area contributed by atoms with Crippen LogP contribution in [0.5, 0.6) is 0 Å². The first-order valence-corrected chi connectivity index (χ1v) is 9.21. The molecule has 0 aromatic carbocycles. The van der Waals surface area contributed by atoms with Gasteiger partial charge in [-0.3, -0.25) is 0 Å². The number of piperidine rings is 1. The van der Waals surface area contributed by atoms with Crippen LogP contribution in [-0.2, 0) is 14.6 Å². The lowest BCUT2D eigenvalue weighted by Gasteiger charge is -2.33. The number of rotatable bonds is 2. The van der Waals surface area contributed by atoms with E-state index in [9.17, 15) is 13.2 Å². The van der Waals surface area contributed by atoms with Gasteiger partial charge in [-0.25, -0.2) is 23.2 Å². The zero-order valence-corrected chi connectivity index (χ0v) is 14.9. The van der Waals surface area contributed by atoms with E-state index in [1.54, 1.807) is 20.8 Å². The maximum Gasteiger partial charge on any atom is 0.410 e. The van der Waals surface area contributed by atoms with Gasteiger partial charge in [-0.05, 0) is 33.6 Å². The Morgan fingerprint density at radius 2 is 1.96 bits per heavy atom. The van der Waals surface area contributed by atoms with Gasteiger partial charge in [-0.15, -0.1) is 0 Å². The summed E-state index contributed by atoms with van der Waals surface area (Å²) in [6, 6.07) is 0. The summed E-state index contributed by atoms with van der Waals surface area (Å²) in [5.41, 5.74) is -0.623. The molecule has 0 aliphatic carbocycles. The summed E-state index contributed by atoms with van der Waals surface area (Å²) in [4.78, 5) is 21.1. The van der Waals surface area contributed by atoms with E-state index in [4.69, 9.17) is 16.3 Å². The minimum atomic E-state index is -3.72. The Balaban J connectivity index is 2.14. The van der Waals surface area contributed by atoms with E-state index >= 15 is 0 Å². The van der Waals surface area contributed by atoms with Crippen LogP contribution >= 0.6 is 11.6 Å². The molecular formula is C14H20ClN3O4S. The molecule has 128 valence electrons. The summed E-state index contributed by atoms with van der Waals surface area (Å²) in [7, 11) is -3.72. The second-order valence-electron chi connectivity index (χ2n) is 6.42. The zero-order chi connectivity index (χ0) is 17.3. The maximum atomic E-state index is 12.6. The second-order valence-corrected chi connectivity index (χ2v) is 8.98. The molecule has 1 amide bonds. The summed E-state index contributed by atoms with van der Waals surface area (Å²) in [5, 5.41) is -0.745. The van der Waals surface area contributed by atoms with Crippen molar-refractivity contribution in [3.8, 4) is 0 Å². The number of nitrogens with zero attached hydrogens (tertiary/aromatic N) is 3. The third kappa shape index (κ3) is 4.54. The van der Waals surface area contributed by atoms with Crippen LogP contribution in [0.25, 0.3) is 0 Å². The largest absolute Gasteiger partial charge is 0.444 e. The molecule has 1 saturated heterocycles. The molecule has 0 bridgehead atoms. The Labute approximate surface area is 140 Å². The minimum absolute atomic E-state index is 0.0727. The Morgan fingerprint density at radius 1 is 1.35 bits per heavy atom. The highest BCUT2D eigenvalue weighted by Gasteiger charge is 2.36. The number of aromatic nitrogens is 2. The number of amides is 1. The first kappa shape index (κ1) is 17.9. The lowest BCUT2D eigenvalue weighted by Crippen LogP contribution is -2.47. The third-order valence-electron chi connectivity index (χ3n) is 3.32. The van der Waals surface area contributed by atoms with Crippen LogP contribution in [0.3, 0.4) is 0 Å². The van der Waals surface area contributed by atoms with E-state index in [1.165, 1.54) is 17.3 Å². The number of hydrogen-bond donors (Lipinski definition) is 0. The lowest BCUT2D eigenvalue weighted by molar-refractivity contribution is 0.0219. The van der Waals surface area contributed by atoms with Crippen molar-refractivity contribution in [1.82, 2.24) is 14.9 Å². The highest BCUT2D eigenvalue weighted by molar-refractivity contribution is 7.91. The second kappa shape index (κ2) is 6.60. The lowest BCUT2D eigenvalue weighted by atomic mass is 10.1. The number of sulfone groups is 1. The van der Waals surface area contributed by atoms with Gasteiger partial charge in [0.25, 0.3) is 0 Å². The highest BCUT2D eigenvalue weighted by atomic mass is 35.5. The van der Waals surface area contributed by atoms with Gasteiger partial charge >= 0.3 is 6.09 Å². The summed E-state index contributed by atoms with van der Waals surface area (Å²) in [5.74, 6) is 0. The zero-order valence-electron chi connectivity index (χ0n) is 13.3. The van der Waals surface area contributed by atoms with Crippen molar-refractivity contribution >= 4 is 27.5 Å². The van der Waals surface area contributed by atoms with Gasteiger partial charge in [0.15, 0.2) is 0 Å². The van der Waals surface area contributed by atoms with Gasteiger partial charge < -0.3 is 9.64 Å². The van der Waals surface area contributed by atoms with Crippen LogP contribution in [0.15, 0.2) is 17.6 Å². The summed E-state index contributed by atoms with van der Waals surface area (Å²) >= 11 is 5.68. The number of ether oxygens (including phenoxy) is 1. The number of carbonyl (C=O) groups is 1. The van der Waals surface area contributed by atoms with Crippen molar-refractivity contribution in [2.75, 3.05) is 13.1 Å². The topological polar surface area (TPSA) is 89.5 Å². The Hall–Kier alpha value is -1.41. The fraction of sp³-hybridized carbons (Fsp3) is 0.643. The fourth-order valence-corrected chi connectivity index (χ4v) is 3.93. The smallest absolute Gasteiger partial charge is 0.410 e. The molecule has 1 aromatic heterocycles. The van der Waals surface area contributed by atoms with Crippen molar-refractivity contribution < 1.29 is 17.9 Å². The van der Waals surface area contributed by atoms with Crippen LogP contribution in [0, 0.1) is 0 Å². The summed E-state index contributed by atoms with van der Waals surface area (Å²) in [6.07, 6.45) is 3.02. The van der Waals surface area contributed by atoms with E-state index in [2.05, 4.69) is 9.97 Å². The summed E-state index contributed by atoms with van der Waals surface area (Å²) in [6.45, 7) is 5.85. The molecule has 9 heteroatoms. The van der Waals surface area contributed by atoms with Gasteiger partial charge in [0.1, 0.15) is 5.60 Å². The Bertz CT molecular complexity index is 670. The van der Waals surface area contributed by atoms with Crippen LogP contribution in [0.4, 0.5) is 4.79 Å². The standard InChI is InChI=1S/C14H20ClN3O4S/c1-14(2,3)22-13(19)18-6-4-5-11(9-18)23(20,21)12-16-7-10(15)8-17-12/h7-8,11H,4-6,9H2,1-3H3/t11-/m0/s1. The van der Waals surface area contributed by atoms with Gasteiger partial charge in [0, 0.05) is 13.1 Å². The predicted molar refractivity (Wildman–Crippen MR) is 85.1 cm³/mol. The predicted octanol–water partition coefficient (Wildman–Crippen LogP) is 2.30. The molecule has 0 radical (unpaired) electrons. The Morgan fingerprint density at radius 3 is 2.52 bits per heavy atom. The van der Waals surface area contributed by atoms with Crippen LogP contribution in [-0.4, -0.2) is 53.3 Å². The SMILES string of the molecule is CC(C)(C)OC(=O)N1CCC[C@H](S(=O)(=O)c2ncc(Cl)cn2)C1. The van der Waals surface area contributed by atoms with Gasteiger partial charge in [-0.1, -0.05) is 11.6 Å². The van der Waals surface area contributed by atoms with Crippen LogP contribution in [0.1, 0.15) is 33.6 Å². The summed E-state index contributed by atoms with van der Waals surface area (Å²) < 4.78 is 30.5. The molecular weight excluding hydrogens is 342 g/mol. The molecule has 0 saturated carbocycles. The van der Waals surface area contributed by atoms with E-state index in [-0.39, 0.29) is 16.7 Å². The van der Waals surface area contributed by atoms with Gasteiger partial charge in [0.2, 0.25) is 15.0 Å². The van der Waals surface area contributed by atoms with E-state index in [0.29, 0.717) is 19.4 Å². The van der Waals surface area contributed by atoms with Crippen molar-refractivity contribution in [3.05, 3.63) is 17.4 Å². The minimum Gasteiger partial charge on any atom is -0.444 e. The molecule has 0 unspecified atom stereocenters. The van der Waals surface area contributed by atoms with E-state index in [1.807, 2.05) is 0 Å². The van der Waals surface area contributed by atoms with Gasteiger partial charge in [-0.2, -0.15) is 0 Å². The van der Waals surface area contributed by atoms with Gasteiger partial charge in [0.05, 0.1) is 22.7 Å². The highest BCUT2D eigenvalue weighted by Crippen LogP contribution is 2.23. The first-order valence-electron chi connectivity index (χ1n) is 7.29. The normalized spacial score (nSPS) is 19.5. The van der Waals surface area contributed by atoms with Crippen molar-refractivity contribution in [3.63, 3.8) is 0 Å². The van der Waals surface area contributed by atoms with E-state index in [0.717, 1.165) is 0 Å². The molecule has 0 spiro atoms. The van der Waals surface area contributed by atoms with Crippen molar-refractivity contribution in [2.24, 2.45) is 0 Å².